The molecule has 164 valence electrons. The highest BCUT2D eigenvalue weighted by Gasteiger charge is 2.48. The van der Waals surface area contributed by atoms with Gasteiger partial charge in [0.2, 0.25) is 5.91 Å². The number of hydrogen-bond acceptors (Lipinski definition) is 5. The number of carbonyl (C=O) groups excluding carboxylic acids is 3. The monoisotopic (exact) mass is 456 g/mol. The summed E-state index contributed by atoms with van der Waals surface area (Å²) in [6.07, 6.45) is 0.167. The molecule has 8 nitrogen and oxygen atoms in total. The Hall–Kier alpha value is -2.03. The zero-order valence-corrected chi connectivity index (χ0v) is 18.8. The van der Waals surface area contributed by atoms with Crippen molar-refractivity contribution in [3.8, 4) is 0 Å². The third kappa shape index (κ3) is 4.50. The van der Waals surface area contributed by atoms with E-state index in [1.54, 1.807) is 17.9 Å². The summed E-state index contributed by atoms with van der Waals surface area (Å²) in [5.74, 6) is -0.981. The average molecular weight is 457 g/mol. The first kappa shape index (κ1) is 22.7. The average Bonchev–Trinajstić information content (AvgIpc) is 2.97. The Morgan fingerprint density at radius 3 is 2.47 bits per heavy atom. The van der Waals surface area contributed by atoms with E-state index in [0.717, 1.165) is 11.3 Å². The van der Waals surface area contributed by atoms with Crippen LogP contribution < -0.4 is 15.5 Å². The number of hydrogen-bond donors (Lipinski definition) is 2. The number of anilines is 1. The second-order valence-corrected chi connectivity index (χ2v) is 8.72. The molecule has 2 saturated heterocycles. The normalized spacial score (nSPS) is 22.7. The zero-order valence-electron chi connectivity index (χ0n) is 17.3. The molecule has 10 heteroatoms. The Kier molecular flexibility index (Phi) is 6.79. The number of carbonyl (C=O) groups is 3. The molecule has 0 spiro atoms. The van der Waals surface area contributed by atoms with E-state index in [0.29, 0.717) is 36.2 Å². The molecular weight excluding hydrogens is 431 g/mol. The van der Waals surface area contributed by atoms with Crippen molar-refractivity contribution in [1.82, 2.24) is 15.5 Å². The summed E-state index contributed by atoms with van der Waals surface area (Å²) in [5.41, 5.74) is 0.702. The lowest BCUT2D eigenvalue weighted by atomic mass is 9.88. The van der Waals surface area contributed by atoms with Gasteiger partial charge in [-0.3, -0.25) is 14.9 Å². The number of piperazine rings is 1. The highest BCUT2D eigenvalue weighted by molar-refractivity contribution is 6.35. The maximum Gasteiger partial charge on any atom is 0.322 e. The summed E-state index contributed by atoms with van der Waals surface area (Å²) in [5, 5.41) is 6.05. The third-order valence-corrected chi connectivity index (χ3v) is 6.31. The molecule has 2 aliphatic heterocycles. The smallest absolute Gasteiger partial charge is 0.322 e. The second-order valence-electron chi connectivity index (χ2n) is 7.87. The molecule has 2 heterocycles. The van der Waals surface area contributed by atoms with Gasteiger partial charge in [-0.1, -0.05) is 30.1 Å². The van der Waals surface area contributed by atoms with Gasteiger partial charge in [-0.05, 0) is 31.0 Å². The molecule has 4 amide bonds. The molecule has 0 saturated carbocycles. The van der Waals surface area contributed by atoms with Gasteiger partial charge in [0.15, 0.2) is 0 Å². The first-order valence-corrected chi connectivity index (χ1v) is 10.5. The van der Waals surface area contributed by atoms with E-state index in [1.807, 2.05) is 13.0 Å². The Morgan fingerprint density at radius 1 is 1.23 bits per heavy atom. The van der Waals surface area contributed by atoms with Crippen LogP contribution in [-0.2, 0) is 14.3 Å². The third-order valence-electron chi connectivity index (χ3n) is 5.70. The highest BCUT2D eigenvalue weighted by Crippen LogP contribution is 2.32. The number of benzene rings is 1. The number of rotatable bonds is 6. The summed E-state index contributed by atoms with van der Waals surface area (Å²) in [7, 11) is 1.45. The molecule has 1 aromatic rings. The summed E-state index contributed by atoms with van der Waals surface area (Å²) in [6, 6.07) is 3.04. The van der Waals surface area contributed by atoms with Gasteiger partial charge < -0.3 is 19.9 Å². The van der Waals surface area contributed by atoms with Crippen molar-refractivity contribution in [2.75, 3.05) is 44.8 Å². The fraction of sp³-hybridized carbons (Fsp3) is 0.550. The standard InChI is InChI=1S/C20H26Cl2N4O4/c1-12(10-20(11-30-3)18(28)23-19(29)24-20)17(27)26-6-4-25(5-7-26)16-9-14(21)8-15(22)13(16)2/h8-9,12H,4-7,10-11H2,1-3H3,(H2,23,24,28,29). The number of amides is 4. The fourth-order valence-corrected chi connectivity index (χ4v) is 4.61. The van der Waals surface area contributed by atoms with Gasteiger partial charge in [-0.15, -0.1) is 0 Å². The van der Waals surface area contributed by atoms with E-state index in [2.05, 4.69) is 15.5 Å². The van der Waals surface area contributed by atoms with Crippen molar-refractivity contribution < 1.29 is 19.1 Å². The Balaban J connectivity index is 1.64. The lowest BCUT2D eigenvalue weighted by Gasteiger charge is -2.38. The van der Waals surface area contributed by atoms with Gasteiger partial charge >= 0.3 is 6.03 Å². The van der Waals surface area contributed by atoms with Crippen LogP contribution in [0.3, 0.4) is 0 Å². The van der Waals surface area contributed by atoms with Crippen LogP contribution >= 0.6 is 23.2 Å². The lowest BCUT2D eigenvalue weighted by molar-refractivity contribution is -0.137. The summed E-state index contributed by atoms with van der Waals surface area (Å²) in [4.78, 5) is 40.9. The lowest BCUT2D eigenvalue weighted by Crippen LogP contribution is -2.55. The maximum absolute atomic E-state index is 13.0. The summed E-state index contributed by atoms with van der Waals surface area (Å²) >= 11 is 12.4. The summed E-state index contributed by atoms with van der Waals surface area (Å²) < 4.78 is 5.14. The fourth-order valence-electron chi connectivity index (χ4n) is 4.13. The molecule has 1 aromatic carbocycles. The Morgan fingerprint density at radius 2 is 1.90 bits per heavy atom. The van der Waals surface area contributed by atoms with Crippen LogP contribution in [0.15, 0.2) is 12.1 Å². The van der Waals surface area contributed by atoms with Gasteiger partial charge in [-0.25, -0.2) is 4.79 Å². The number of imide groups is 1. The maximum atomic E-state index is 13.0. The van der Waals surface area contributed by atoms with Crippen LogP contribution in [-0.4, -0.2) is 68.2 Å². The molecule has 0 aliphatic carbocycles. The van der Waals surface area contributed by atoms with E-state index in [1.165, 1.54) is 7.11 Å². The summed E-state index contributed by atoms with van der Waals surface area (Å²) in [6.45, 7) is 6.11. The van der Waals surface area contributed by atoms with Crippen molar-refractivity contribution in [3.63, 3.8) is 0 Å². The number of nitrogens with one attached hydrogen (secondary N) is 2. The van der Waals surface area contributed by atoms with Crippen molar-refractivity contribution >= 4 is 46.7 Å². The van der Waals surface area contributed by atoms with Gasteiger partial charge in [0.1, 0.15) is 5.54 Å². The molecule has 2 fully saturated rings. The quantitative estimate of drug-likeness (QED) is 0.640. The Bertz CT molecular complexity index is 857. The topological polar surface area (TPSA) is 91.0 Å². The Labute approximate surface area is 185 Å². The molecule has 2 N–H and O–H groups in total. The number of halogens is 2. The van der Waals surface area contributed by atoms with Crippen molar-refractivity contribution in [3.05, 3.63) is 27.7 Å². The molecule has 2 unspecified atom stereocenters. The van der Waals surface area contributed by atoms with Gasteiger partial charge in [-0.2, -0.15) is 0 Å². The van der Waals surface area contributed by atoms with Gasteiger partial charge in [0.25, 0.3) is 5.91 Å². The van der Waals surface area contributed by atoms with Crippen molar-refractivity contribution in [2.45, 2.75) is 25.8 Å². The minimum absolute atomic E-state index is 0.00474. The largest absolute Gasteiger partial charge is 0.382 e. The molecule has 0 bridgehead atoms. The number of nitrogens with zero attached hydrogens (tertiary/aromatic N) is 2. The van der Waals surface area contributed by atoms with E-state index in [9.17, 15) is 14.4 Å². The van der Waals surface area contributed by atoms with Crippen LogP contribution in [0.5, 0.6) is 0 Å². The van der Waals surface area contributed by atoms with Crippen molar-refractivity contribution in [1.29, 1.82) is 0 Å². The van der Waals surface area contributed by atoms with E-state index in [4.69, 9.17) is 27.9 Å². The van der Waals surface area contributed by atoms with Gasteiger partial charge in [0, 0.05) is 54.9 Å². The number of methoxy groups -OCH3 is 1. The SMILES string of the molecule is COCC1(CC(C)C(=O)N2CCN(c3cc(Cl)cc(Cl)c3C)CC2)NC(=O)NC1=O. The molecule has 3 rings (SSSR count). The van der Waals surface area contributed by atoms with Crippen molar-refractivity contribution in [2.24, 2.45) is 5.92 Å². The first-order chi connectivity index (χ1) is 14.2. The first-order valence-electron chi connectivity index (χ1n) is 9.79. The second kappa shape index (κ2) is 8.99. The minimum Gasteiger partial charge on any atom is -0.382 e. The number of urea groups is 1. The van der Waals surface area contributed by atoms with Crippen LogP contribution in [0.25, 0.3) is 0 Å². The molecule has 2 aliphatic rings. The van der Waals surface area contributed by atoms with Crippen LogP contribution in [0.4, 0.5) is 10.5 Å². The van der Waals surface area contributed by atoms with E-state index >= 15 is 0 Å². The van der Waals surface area contributed by atoms with Gasteiger partial charge in [0.05, 0.1) is 6.61 Å². The minimum atomic E-state index is -1.22. The van der Waals surface area contributed by atoms with Crippen LogP contribution in [0.2, 0.25) is 10.0 Å². The van der Waals surface area contributed by atoms with E-state index in [-0.39, 0.29) is 18.9 Å². The molecule has 2 atom stereocenters. The predicted octanol–water partition coefficient (Wildman–Crippen LogP) is 2.20. The van der Waals surface area contributed by atoms with Crippen LogP contribution in [0, 0.1) is 12.8 Å². The van der Waals surface area contributed by atoms with Crippen LogP contribution in [0.1, 0.15) is 18.9 Å². The molecule has 30 heavy (non-hydrogen) atoms. The molecular formula is C20H26Cl2N4O4. The zero-order chi connectivity index (χ0) is 22.1. The molecule has 0 radical (unpaired) electrons. The number of ether oxygens (including phenoxy) is 1. The molecule has 0 aromatic heterocycles. The highest BCUT2D eigenvalue weighted by atomic mass is 35.5. The predicted molar refractivity (Wildman–Crippen MR) is 115 cm³/mol. The van der Waals surface area contributed by atoms with E-state index < -0.39 is 23.4 Å².